The number of rotatable bonds is 5. The number of amidine groups is 1. The number of nitrogens with zero attached hydrogens (tertiary/aromatic N) is 3. The van der Waals surface area contributed by atoms with Crippen LogP contribution in [0.25, 0.3) is 16.3 Å². The van der Waals surface area contributed by atoms with E-state index in [1.807, 2.05) is 36.4 Å². The highest BCUT2D eigenvalue weighted by Gasteiger charge is 2.35. The van der Waals surface area contributed by atoms with Gasteiger partial charge >= 0.3 is 0 Å². The van der Waals surface area contributed by atoms with Crippen molar-refractivity contribution < 1.29 is 18.7 Å². The van der Waals surface area contributed by atoms with Crippen LogP contribution >= 0.6 is 11.3 Å². The Balaban J connectivity index is 1.68. The van der Waals surface area contributed by atoms with Crippen LogP contribution in [0.2, 0.25) is 0 Å². The molecule has 8 heteroatoms. The van der Waals surface area contributed by atoms with Crippen molar-refractivity contribution in [3.8, 4) is 11.5 Å². The molecule has 0 unspecified atom stereocenters. The minimum absolute atomic E-state index is 0.270. The number of hydrogen-bond acceptors (Lipinski definition) is 7. The Morgan fingerprint density at radius 3 is 2.48 bits per heavy atom. The number of benzene rings is 2. The molecule has 3 heterocycles. The van der Waals surface area contributed by atoms with E-state index in [0.29, 0.717) is 33.7 Å². The van der Waals surface area contributed by atoms with E-state index in [-0.39, 0.29) is 11.6 Å². The monoisotopic (exact) mass is 431 g/mol. The van der Waals surface area contributed by atoms with Gasteiger partial charge in [-0.05, 0) is 24.3 Å². The zero-order chi connectivity index (χ0) is 21.4. The second-order valence-electron chi connectivity index (χ2n) is 6.63. The molecule has 0 spiro atoms. The maximum absolute atomic E-state index is 13.4. The van der Waals surface area contributed by atoms with Gasteiger partial charge in [-0.15, -0.1) is 0 Å². The first-order valence-electron chi connectivity index (χ1n) is 9.45. The summed E-state index contributed by atoms with van der Waals surface area (Å²) in [7, 11) is 3.19. The molecule has 7 nitrogen and oxygen atoms in total. The summed E-state index contributed by atoms with van der Waals surface area (Å²) in [5.41, 5.74) is 1.70. The van der Waals surface area contributed by atoms with Gasteiger partial charge < -0.3 is 13.9 Å². The van der Waals surface area contributed by atoms with Crippen LogP contribution in [-0.4, -0.2) is 30.9 Å². The van der Waals surface area contributed by atoms with E-state index in [1.54, 1.807) is 44.8 Å². The number of hydrogen-bond donors (Lipinski definition) is 0. The van der Waals surface area contributed by atoms with Crippen molar-refractivity contribution in [2.75, 3.05) is 19.1 Å². The number of aromatic nitrogens is 1. The summed E-state index contributed by atoms with van der Waals surface area (Å²) in [6, 6.07) is 16.7. The molecular weight excluding hydrogens is 414 g/mol. The summed E-state index contributed by atoms with van der Waals surface area (Å²) >= 11 is 1.34. The molecule has 2 aromatic heterocycles. The lowest BCUT2D eigenvalue weighted by Crippen LogP contribution is -2.32. The summed E-state index contributed by atoms with van der Waals surface area (Å²) in [6.45, 7) is 0. The second-order valence-corrected chi connectivity index (χ2v) is 7.61. The summed E-state index contributed by atoms with van der Waals surface area (Å²) in [4.78, 5) is 24.3. The van der Waals surface area contributed by atoms with E-state index >= 15 is 0 Å². The van der Waals surface area contributed by atoms with Crippen molar-refractivity contribution in [1.29, 1.82) is 0 Å². The highest BCUT2D eigenvalue weighted by Crippen LogP contribution is 2.41. The van der Waals surface area contributed by atoms with Crippen molar-refractivity contribution in [2.45, 2.75) is 0 Å². The normalized spacial score (nSPS) is 15.0. The van der Waals surface area contributed by atoms with Crippen LogP contribution in [0.3, 0.4) is 0 Å². The number of carbonyl (C=O) groups excluding carboxylic acids is 1. The molecule has 31 heavy (non-hydrogen) atoms. The van der Waals surface area contributed by atoms with Crippen molar-refractivity contribution >= 4 is 44.5 Å². The lowest BCUT2D eigenvalue weighted by Gasteiger charge is -2.14. The van der Waals surface area contributed by atoms with Gasteiger partial charge in [0.1, 0.15) is 39.0 Å². The van der Waals surface area contributed by atoms with Gasteiger partial charge in [-0.2, -0.15) is 0 Å². The number of thiazole rings is 1. The first-order chi connectivity index (χ1) is 15.2. The fourth-order valence-electron chi connectivity index (χ4n) is 3.35. The third-order valence-corrected chi connectivity index (χ3v) is 5.86. The second kappa shape index (κ2) is 7.73. The number of methoxy groups -OCH3 is 2. The predicted molar refractivity (Wildman–Crippen MR) is 120 cm³/mol. The zero-order valence-corrected chi connectivity index (χ0v) is 17.6. The highest BCUT2D eigenvalue weighted by atomic mass is 32.1. The van der Waals surface area contributed by atoms with E-state index in [4.69, 9.17) is 18.9 Å². The Labute approximate surface area is 181 Å². The summed E-state index contributed by atoms with van der Waals surface area (Å²) in [5, 5.41) is 0.480. The van der Waals surface area contributed by atoms with Crippen LogP contribution in [0, 0.1) is 0 Å². The van der Waals surface area contributed by atoms with Crippen LogP contribution in [-0.2, 0) is 4.79 Å². The summed E-state index contributed by atoms with van der Waals surface area (Å²) in [6.07, 6.45) is 3.18. The molecule has 1 aliphatic rings. The lowest BCUT2D eigenvalue weighted by atomic mass is 10.2. The average molecular weight is 431 g/mol. The Hall–Kier alpha value is -3.91. The SMILES string of the molecule is COc1ccc(OC)c2sc(N3C(=O)/C(=C\c4ccco4)N=C3c3ccccc3)nc12. The smallest absolute Gasteiger partial charge is 0.284 e. The van der Waals surface area contributed by atoms with E-state index in [0.717, 1.165) is 10.3 Å². The number of furan rings is 1. The molecule has 0 fully saturated rings. The van der Waals surface area contributed by atoms with Crippen molar-refractivity contribution in [3.63, 3.8) is 0 Å². The van der Waals surface area contributed by atoms with Gasteiger partial charge in [0, 0.05) is 11.6 Å². The molecule has 1 aliphatic heterocycles. The minimum atomic E-state index is -0.285. The molecular formula is C23H17N3O4S. The van der Waals surface area contributed by atoms with E-state index in [2.05, 4.69) is 4.99 Å². The standard InChI is InChI=1S/C23H17N3O4S/c1-28-17-10-11-18(29-2)20-19(17)25-23(31-20)26-21(14-7-4-3-5-8-14)24-16(22(26)27)13-15-9-6-12-30-15/h3-13H,1-2H3/b16-13+. The van der Waals surface area contributed by atoms with E-state index < -0.39 is 0 Å². The number of aliphatic imine (C=N–C) groups is 1. The summed E-state index contributed by atoms with van der Waals surface area (Å²) in [5.74, 6) is 2.03. The first-order valence-corrected chi connectivity index (χ1v) is 10.3. The maximum atomic E-state index is 13.4. The Kier molecular flexibility index (Phi) is 4.76. The van der Waals surface area contributed by atoms with Crippen LogP contribution in [0.4, 0.5) is 5.13 Å². The van der Waals surface area contributed by atoms with Crippen molar-refractivity contribution in [3.05, 3.63) is 77.9 Å². The highest BCUT2D eigenvalue weighted by molar-refractivity contribution is 7.23. The molecule has 5 rings (SSSR count). The Bertz CT molecular complexity index is 1280. The van der Waals surface area contributed by atoms with E-state index in [9.17, 15) is 4.79 Å². The van der Waals surface area contributed by atoms with Gasteiger partial charge in [-0.1, -0.05) is 41.7 Å². The number of amides is 1. The van der Waals surface area contributed by atoms with Crippen LogP contribution in [0.15, 0.2) is 76.0 Å². The number of ether oxygens (including phenoxy) is 2. The number of anilines is 1. The molecule has 4 aromatic rings. The minimum Gasteiger partial charge on any atom is -0.495 e. The molecule has 0 atom stereocenters. The molecule has 0 saturated carbocycles. The molecule has 0 aliphatic carbocycles. The topological polar surface area (TPSA) is 77.2 Å². The Morgan fingerprint density at radius 2 is 1.77 bits per heavy atom. The molecule has 0 saturated heterocycles. The largest absolute Gasteiger partial charge is 0.495 e. The first kappa shape index (κ1) is 19.1. The van der Waals surface area contributed by atoms with Crippen molar-refractivity contribution in [2.24, 2.45) is 4.99 Å². The fraction of sp³-hybridized carbons (Fsp3) is 0.0870. The Morgan fingerprint density at radius 1 is 1.00 bits per heavy atom. The van der Waals surface area contributed by atoms with Crippen LogP contribution in [0.5, 0.6) is 11.5 Å². The van der Waals surface area contributed by atoms with E-state index in [1.165, 1.54) is 16.2 Å². The number of fused-ring (bicyclic) bond motifs is 1. The fourth-order valence-corrected chi connectivity index (χ4v) is 4.43. The van der Waals surface area contributed by atoms with Gasteiger partial charge in [-0.25, -0.2) is 14.9 Å². The molecule has 0 bridgehead atoms. The third kappa shape index (κ3) is 3.27. The third-order valence-electron chi connectivity index (χ3n) is 4.80. The molecule has 0 N–H and O–H groups in total. The van der Waals surface area contributed by atoms with Gasteiger partial charge in [0.15, 0.2) is 5.13 Å². The van der Waals surface area contributed by atoms with Gasteiger partial charge in [0.05, 0.1) is 20.5 Å². The predicted octanol–water partition coefficient (Wildman–Crippen LogP) is 4.74. The molecule has 154 valence electrons. The zero-order valence-electron chi connectivity index (χ0n) is 16.7. The molecule has 1 amide bonds. The van der Waals surface area contributed by atoms with Crippen LogP contribution < -0.4 is 14.4 Å². The lowest BCUT2D eigenvalue weighted by molar-refractivity contribution is -0.113. The average Bonchev–Trinajstić information content (AvgIpc) is 3.53. The molecule has 2 aromatic carbocycles. The summed E-state index contributed by atoms with van der Waals surface area (Å²) < 4.78 is 17.1. The molecule has 0 radical (unpaired) electrons. The maximum Gasteiger partial charge on any atom is 0.284 e. The van der Waals surface area contributed by atoms with Crippen molar-refractivity contribution in [1.82, 2.24) is 4.98 Å². The van der Waals surface area contributed by atoms with Gasteiger partial charge in [-0.3, -0.25) is 4.79 Å². The number of carbonyl (C=O) groups is 1. The quantitative estimate of drug-likeness (QED) is 0.427. The van der Waals surface area contributed by atoms with Gasteiger partial charge in [0.25, 0.3) is 5.91 Å². The van der Waals surface area contributed by atoms with Crippen LogP contribution in [0.1, 0.15) is 11.3 Å². The van der Waals surface area contributed by atoms with Gasteiger partial charge in [0.2, 0.25) is 0 Å².